The van der Waals surface area contributed by atoms with Gasteiger partial charge in [-0.15, -0.1) is 0 Å². The van der Waals surface area contributed by atoms with E-state index in [1.54, 1.807) is 7.11 Å². The van der Waals surface area contributed by atoms with Gasteiger partial charge in [0.05, 0.1) is 17.5 Å². The smallest absolute Gasteiger partial charge is 0.163 e. The van der Waals surface area contributed by atoms with Gasteiger partial charge in [0.2, 0.25) is 0 Å². The average Bonchev–Trinajstić information content (AvgIpc) is 2.86. The molecule has 0 aromatic heterocycles. The Morgan fingerprint density at radius 3 is 2.67 bits per heavy atom. The Bertz CT molecular complexity index is 450. The highest BCUT2D eigenvalue weighted by molar-refractivity contribution is 5.73. The molecule has 1 unspecified atom stereocenters. The summed E-state index contributed by atoms with van der Waals surface area (Å²) in [7, 11) is 1.75. The number of rotatable bonds is 2. The minimum atomic E-state index is 0.289. The molecule has 0 aliphatic carbocycles. The predicted octanol–water partition coefficient (Wildman–Crippen LogP) is 1.27. The summed E-state index contributed by atoms with van der Waals surface area (Å²) in [6, 6.07) is 3.83. The van der Waals surface area contributed by atoms with Gasteiger partial charge >= 0.3 is 0 Å². The first kappa shape index (κ1) is 11.5. The van der Waals surface area contributed by atoms with Crippen LogP contribution in [0.4, 0.5) is 11.4 Å². The van der Waals surface area contributed by atoms with Crippen molar-refractivity contribution in [1.82, 2.24) is 0 Å². The van der Waals surface area contributed by atoms with Crippen molar-refractivity contribution >= 4 is 11.4 Å². The van der Waals surface area contributed by atoms with Gasteiger partial charge in [0.1, 0.15) is 13.2 Å². The molecule has 2 aliphatic heterocycles. The monoisotopic (exact) mass is 250 g/mol. The number of nitrogen functional groups attached to an aromatic ring is 1. The van der Waals surface area contributed by atoms with Crippen LogP contribution >= 0.6 is 0 Å². The third-order valence-corrected chi connectivity index (χ3v) is 3.51. The topological polar surface area (TPSA) is 57.0 Å². The van der Waals surface area contributed by atoms with E-state index in [0.717, 1.165) is 42.4 Å². The number of nitrogens with two attached hydrogens (primary N) is 1. The zero-order chi connectivity index (χ0) is 12.5. The van der Waals surface area contributed by atoms with E-state index >= 15 is 0 Å². The minimum absolute atomic E-state index is 0.289. The highest BCUT2D eigenvalue weighted by atomic mass is 16.6. The molecule has 5 heteroatoms. The molecule has 2 heterocycles. The maximum atomic E-state index is 6.09. The van der Waals surface area contributed by atoms with Gasteiger partial charge in [-0.3, -0.25) is 0 Å². The third kappa shape index (κ3) is 1.95. The quantitative estimate of drug-likeness (QED) is 0.801. The lowest BCUT2D eigenvalue weighted by Gasteiger charge is -2.24. The molecule has 2 aliphatic rings. The van der Waals surface area contributed by atoms with Crippen LogP contribution in [0.1, 0.15) is 6.42 Å². The largest absolute Gasteiger partial charge is 0.486 e. The maximum Gasteiger partial charge on any atom is 0.163 e. The number of benzene rings is 1. The van der Waals surface area contributed by atoms with Crippen LogP contribution in [0, 0.1) is 0 Å². The lowest BCUT2D eigenvalue weighted by Crippen LogP contribution is -2.24. The van der Waals surface area contributed by atoms with Crippen LogP contribution < -0.4 is 20.1 Å². The van der Waals surface area contributed by atoms with Crippen molar-refractivity contribution in [3.63, 3.8) is 0 Å². The molecular formula is C13H18N2O3. The number of hydrogen-bond acceptors (Lipinski definition) is 5. The summed E-state index contributed by atoms with van der Waals surface area (Å²) >= 11 is 0. The molecule has 3 rings (SSSR count). The summed E-state index contributed by atoms with van der Waals surface area (Å²) in [6.45, 7) is 3.01. The first-order chi connectivity index (χ1) is 8.78. The van der Waals surface area contributed by atoms with Crippen molar-refractivity contribution in [2.24, 2.45) is 0 Å². The van der Waals surface area contributed by atoms with Gasteiger partial charge in [-0.1, -0.05) is 0 Å². The molecular weight excluding hydrogens is 232 g/mol. The zero-order valence-corrected chi connectivity index (χ0v) is 10.5. The van der Waals surface area contributed by atoms with Gasteiger partial charge in [0.15, 0.2) is 11.5 Å². The summed E-state index contributed by atoms with van der Waals surface area (Å²) in [4.78, 5) is 2.24. The van der Waals surface area contributed by atoms with Gasteiger partial charge in [-0.25, -0.2) is 0 Å². The average molecular weight is 250 g/mol. The Balaban J connectivity index is 1.88. The van der Waals surface area contributed by atoms with Gasteiger partial charge in [0, 0.05) is 32.3 Å². The van der Waals surface area contributed by atoms with Gasteiger partial charge in [0.25, 0.3) is 0 Å². The summed E-state index contributed by atoms with van der Waals surface area (Å²) in [5, 5.41) is 0. The molecule has 5 nitrogen and oxygen atoms in total. The van der Waals surface area contributed by atoms with Crippen LogP contribution in [-0.2, 0) is 4.74 Å². The Morgan fingerprint density at radius 1 is 1.28 bits per heavy atom. The van der Waals surface area contributed by atoms with E-state index in [0.29, 0.717) is 13.2 Å². The van der Waals surface area contributed by atoms with E-state index in [1.165, 1.54) is 0 Å². The van der Waals surface area contributed by atoms with E-state index in [4.69, 9.17) is 19.9 Å². The molecule has 0 radical (unpaired) electrons. The van der Waals surface area contributed by atoms with E-state index < -0.39 is 0 Å². The van der Waals surface area contributed by atoms with Crippen molar-refractivity contribution < 1.29 is 14.2 Å². The van der Waals surface area contributed by atoms with Gasteiger partial charge in [-0.2, -0.15) is 0 Å². The van der Waals surface area contributed by atoms with Crippen molar-refractivity contribution in [2.45, 2.75) is 12.5 Å². The molecule has 1 fully saturated rings. The number of methoxy groups -OCH3 is 1. The summed E-state index contributed by atoms with van der Waals surface area (Å²) in [6.07, 6.45) is 1.32. The molecule has 1 aromatic rings. The lowest BCUT2D eigenvalue weighted by atomic mass is 10.2. The van der Waals surface area contributed by atoms with Crippen molar-refractivity contribution in [2.75, 3.05) is 44.0 Å². The first-order valence-electron chi connectivity index (χ1n) is 6.25. The molecule has 2 N–H and O–H groups in total. The molecule has 18 heavy (non-hydrogen) atoms. The Hall–Kier alpha value is -1.62. The molecule has 1 aromatic carbocycles. The van der Waals surface area contributed by atoms with Gasteiger partial charge in [-0.05, 0) is 6.42 Å². The Labute approximate surface area is 106 Å². The third-order valence-electron chi connectivity index (χ3n) is 3.51. The van der Waals surface area contributed by atoms with Crippen molar-refractivity contribution in [3.8, 4) is 11.5 Å². The van der Waals surface area contributed by atoms with Crippen molar-refractivity contribution in [3.05, 3.63) is 12.1 Å². The van der Waals surface area contributed by atoms with Crippen LogP contribution in [-0.4, -0.2) is 39.5 Å². The Morgan fingerprint density at radius 2 is 2.00 bits per heavy atom. The zero-order valence-electron chi connectivity index (χ0n) is 10.5. The normalized spacial score (nSPS) is 22.3. The van der Waals surface area contributed by atoms with Gasteiger partial charge < -0.3 is 24.8 Å². The second kappa shape index (κ2) is 4.57. The fraction of sp³-hybridized carbons (Fsp3) is 0.538. The highest BCUT2D eigenvalue weighted by Gasteiger charge is 2.25. The lowest BCUT2D eigenvalue weighted by molar-refractivity contribution is 0.121. The van der Waals surface area contributed by atoms with Crippen LogP contribution in [0.2, 0.25) is 0 Å². The summed E-state index contributed by atoms with van der Waals surface area (Å²) in [5.74, 6) is 1.52. The molecule has 0 bridgehead atoms. The van der Waals surface area contributed by atoms with Crippen LogP contribution in [0.5, 0.6) is 11.5 Å². The van der Waals surface area contributed by atoms with Crippen molar-refractivity contribution in [1.29, 1.82) is 0 Å². The second-order valence-electron chi connectivity index (χ2n) is 4.65. The van der Waals surface area contributed by atoms with E-state index in [1.807, 2.05) is 12.1 Å². The summed E-state index contributed by atoms with van der Waals surface area (Å²) < 4.78 is 16.5. The fourth-order valence-electron chi connectivity index (χ4n) is 2.51. The van der Waals surface area contributed by atoms with E-state index in [9.17, 15) is 0 Å². The molecule has 0 saturated carbocycles. The molecule has 98 valence electrons. The molecule has 0 spiro atoms. The van der Waals surface area contributed by atoms with E-state index in [-0.39, 0.29) is 6.10 Å². The SMILES string of the molecule is COC1CCN(c2cc3c(cc2N)OCCO3)C1. The summed E-state index contributed by atoms with van der Waals surface area (Å²) in [5.41, 5.74) is 7.84. The number of nitrogens with zero attached hydrogens (tertiary/aromatic N) is 1. The van der Waals surface area contributed by atoms with E-state index in [2.05, 4.69) is 4.90 Å². The minimum Gasteiger partial charge on any atom is -0.486 e. The standard InChI is InChI=1S/C13H18N2O3/c1-16-9-2-3-15(8-9)11-7-13-12(6-10(11)14)17-4-5-18-13/h6-7,9H,2-5,8,14H2,1H3. The first-order valence-corrected chi connectivity index (χ1v) is 6.25. The second-order valence-corrected chi connectivity index (χ2v) is 4.65. The maximum absolute atomic E-state index is 6.09. The number of ether oxygens (including phenoxy) is 3. The molecule has 1 saturated heterocycles. The van der Waals surface area contributed by atoms with Crippen LogP contribution in [0.3, 0.4) is 0 Å². The number of anilines is 2. The predicted molar refractivity (Wildman–Crippen MR) is 69.5 cm³/mol. The molecule has 0 amide bonds. The van der Waals surface area contributed by atoms with Crippen LogP contribution in [0.25, 0.3) is 0 Å². The number of fused-ring (bicyclic) bond motifs is 1. The fourth-order valence-corrected chi connectivity index (χ4v) is 2.51. The number of hydrogen-bond donors (Lipinski definition) is 1. The Kier molecular flexibility index (Phi) is 2.91. The highest BCUT2D eigenvalue weighted by Crippen LogP contribution is 2.39. The molecule has 1 atom stereocenters. The van der Waals surface area contributed by atoms with Crippen LogP contribution in [0.15, 0.2) is 12.1 Å².